The third-order valence-electron chi connectivity index (χ3n) is 4.04. The van der Waals surface area contributed by atoms with Crippen LogP contribution < -0.4 is 5.73 Å². The lowest BCUT2D eigenvalue weighted by Gasteiger charge is -2.09. The Bertz CT molecular complexity index is 1010. The Hall–Kier alpha value is -2.70. The van der Waals surface area contributed by atoms with Crippen LogP contribution in [0, 0.1) is 0 Å². The lowest BCUT2D eigenvalue weighted by molar-refractivity contribution is 0.614. The van der Waals surface area contributed by atoms with Crippen LogP contribution in [0.15, 0.2) is 54.9 Å². The van der Waals surface area contributed by atoms with Gasteiger partial charge in [-0.25, -0.2) is 14.6 Å². The molecule has 0 bridgehead atoms. The van der Waals surface area contributed by atoms with Gasteiger partial charge in [-0.05, 0) is 23.8 Å². The first-order chi connectivity index (χ1) is 12.2. The maximum atomic E-state index is 6.13. The number of nitrogens with two attached hydrogens (primary N) is 1. The molecular formula is C18H17ClN6. The first-order valence-electron chi connectivity index (χ1n) is 8.00. The minimum absolute atomic E-state index is 0.322. The number of benzene rings is 2. The standard InChI is InChI=1S/C18H17ClN6/c19-14-6-7-16-15(8-14)22-18(11-24-12-21-17(9-20)23-24)25(16)10-13-4-2-1-3-5-13/h1-8,12H,9-11,20H2. The van der Waals surface area contributed by atoms with E-state index in [4.69, 9.17) is 22.3 Å². The average molecular weight is 353 g/mol. The van der Waals surface area contributed by atoms with Crippen molar-refractivity contribution < 1.29 is 0 Å². The van der Waals surface area contributed by atoms with Crippen LogP contribution in [0.3, 0.4) is 0 Å². The van der Waals surface area contributed by atoms with E-state index in [0.717, 1.165) is 23.4 Å². The molecule has 2 N–H and O–H groups in total. The summed E-state index contributed by atoms with van der Waals surface area (Å²) in [6.45, 7) is 1.57. The molecule has 0 aliphatic carbocycles. The molecule has 2 aromatic carbocycles. The molecule has 4 rings (SSSR count). The molecule has 0 aliphatic heterocycles. The van der Waals surface area contributed by atoms with Crippen molar-refractivity contribution in [1.82, 2.24) is 24.3 Å². The minimum atomic E-state index is 0.322. The fourth-order valence-corrected chi connectivity index (χ4v) is 3.03. The van der Waals surface area contributed by atoms with Crippen molar-refractivity contribution >= 4 is 22.6 Å². The molecule has 0 saturated carbocycles. The van der Waals surface area contributed by atoms with E-state index in [-0.39, 0.29) is 0 Å². The molecule has 0 saturated heterocycles. The molecule has 6 nitrogen and oxygen atoms in total. The molecule has 2 aromatic heterocycles. The second-order valence-corrected chi connectivity index (χ2v) is 6.23. The average Bonchev–Trinajstić information content (AvgIpc) is 3.21. The molecule has 2 heterocycles. The minimum Gasteiger partial charge on any atom is -0.324 e. The summed E-state index contributed by atoms with van der Waals surface area (Å²) in [6.07, 6.45) is 1.68. The number of nitrogens with zero attached hydrogens (tertiary/aromatic N) is 5. The number of hydrogen-bond acceptors (Lipinski definition) is 4. The van der Waals surface area contributed by atoms with Crippen LogP contribution in [0.1, 0.15) is 17.2 Å². The van der Waals surface area contributed by atoms with Crippen LogP contribution in [0.25, 0.3) is 11.0 Å². The Balaban J connectivity index is 1.77. The van der Waals surface area contributed by atoms with Gasteiger partial charge in [0, 0.05) is 11.6 Å². The largest absolute Gasteiger partial charge is 0.324 e. The summed E-state index contributed by atoms with van der Waals surface area (Å²) in [4.78, 5) is 8.94. The second kappa shape index (κ2) is 6.66. The van der Waals surface area contributed by atoms with E-state index in [9.17, 15) is 0 Å². The third-order valence-corrected chi connectivity index (χ3v) is 4.28. The van der Waals surface area contributed by atoms with Gasteiger partial charge in [0.2, 0.25) is 0 Å². The molecule has 0 radical (unpaired) electrons. The van der Waals surface area contributed by atoms with Gasteiger partial charge in [-0.3, -0.25) is 0 Å². The zero-order valence-electron chi connectivity index (χ0n) is 13.5. The summed E-state index contributed by atoms with van der Waals surface area (Å²) < 4.78 is 3.94. The summed E-state index contributed by atoms with van der Waals surface area (Å²) in [5, 5.41) is 5.04. The zero-order valence-corrected chi connectivity index (χ0v) is 14.3. The fourth-order valence-electron chi connectivity index (χ4n) is 2.86. The molecule has 0 fully saturated rings. The van der Waals surface area contributed by atoms with E-state index in [1.54, 1.807) is 11.0 Å². The lowest BCUT2D eigenvalue weighted by Crippen LogP contribution is -2.11. The van der Waals surface area contributed by atoms with Crippen LogP contribution in [0.5, 0.6) is 0 Å². The monoisotopic (exact) mass is 352 g/mol. The Morgan fingerprint density at radius 2 is 1.88 bits per heavy atom. The van der Waals surface area contributed by atoms with Crippen LogP contribution in [0.4, 0.5) is 0 Å². The summed E-state index contributed by atoms with van der Waals surface area (Å²) in [5.41, 5.74) is 8.72. The Morgan fingerprint density at radius 1 is 1.04 bits per heavy atom. The molecule has 0 unspecified atom stereocenters. The number of hydrogen-bond donors (Lipinski definition) is 1. The number of imidazole rings is 1. The highest BCUT2D eigenvalue weighted by molar-refractivity contribution is 6.31. The molecule has 25 heavy (non-hydrogen) atoms. The first kappa shape index (κ1) is 15.8. The third kappa shape index (κ3) is 3.26. The Morgan fingerprint density at radius 3 is 2.64 bits per heavy atom. The van der Waals surface area contributed by atoms with E-state index in [2.05, 4.69) is 26.8 Å². The molecule has 126 valence electrons. The highest BCUT2D eigenvalue weighted by atomic mass is 35.5. The molecule has 4 aromatic rings. The van der Waals surface area contributed by atoms with E-state index in [1.165, 1.54) is 5.56 Å². The quantitative estimate of drug-likeness (QED) is 0.599. The van der Waals surface area contributed by atoms with Gasteiger partial charge < -0.3 is 10.3 Å². The molecule has 0 atom stereocenters. The van der Waals surface area contributed by atoms with Crippen molar-refractivity contribution in [3.8, 4) is 0 Å². The van der Waals surface area contributed by atoms with Gasteiger partial charge in [0.05, 0.1) is 17.6 Å². The van der Waals surface area contributed by atoms with E-state index >= 15 is 0 Å². The highest BCUT2D eigenvalue weighted by Gasteiger charge is 2.13. The van der Waals surface area contributed by atoms with Gasteiger partial charge in [0.25, 0.3) is 0 Å². The summed E-state index contributed by atoms with van der Waals surface area (Å²) in [5.74, 6) is 1.52. The van der Waals surface area contributed by atoms with E-state index < -0.39 is 0 Å². The SMILES string of the molecule is NCc1ncn(Cc2nc3cc(Cl)ccc3n2Cc2ccccc2)n1. The number of rotatable bonds is 5. The molecule has 0 aliphatic rings. The maximum Gasteiger partial charge on any atom is 0.164 e. The maximum absolute atomic E-state index is 6.13. The van der Waals surface area contributed by atoms with Gasteiger partial charge in [-0.1, -0.05) is 41.9 Å². The zero-order chi connectivity index (χ0) is 17.2. The highest BCUT2D eigenvalue weighted by Crippen LogP contribution is 2.22. The topological polar surface area (TPSA) is 74.5 Å². The Kier molecular flexibility index (Phi) is 4.21. The van der Waals surface area contributed by atoms with Crippen LogP contribution in [-0.4, -0.2) is 24.3 Å². The van der Waals surface area contributed by atoms with Gasteiger partial charge >= 0.3 is 0 Å². The summed E-state index contributed by atoms with van der Waals surface area (Å²) >= 11 is 6.13. The smallest absolute Gasteiger partial charge is 0.164 e. The summed E-state index contributed by atoms with van der Waals surface area (Å²) in [7, 11) is 0. The van der Waals surface area contributed by atoms with Crippen LogP contribution in [-0.2, 0) is 19.6 Å². The first-order valence-corrected chi connectivity index (χ1v) is 8.38. The summed E-state index contributed by atoms with van der Waals surface area (Å²) in [6, 6.07) is 16.1. The van der Waals surface area contributed by atoms with Gasteiger partial charge in [-0.2, -0.15) is 5.10 Å². The molecule has 7 heteroatoms. The van der Waals surface area contributed by atoms with Crippen LogP contribution in [0.2, 0.25) is 5.02 Å². The van der Waals surface area contributed by atoms with E-state index in [1.807, 2.05) is 36.4 Å². The van der Waals surface area contributed by atoms with E-state index in [0.29, 0.717) is 23.9 Å². The second-order valence-electron chi connectivity index (χ2n) is 5.80. The normalized spacial score (nSPS) is 11.3. The van der Waals surface area contributed by atoms with Gasteiger partial charge in [-0.15, -0.1) is 0 Å². The predicted molar refractivity (Wildman–Crippen MR) is 97.3 cm³/mol. The van der Waals surface area contributed by atoms with Crippen molar-refractivity contribution in [2.45, 2.75) is 19.6 Å². The number of halogens is 1. The van der Waals surface area contributed by atoms with Gasteiger partial charge in [0.15, 0.2) is 5.82 Å². The molecule has 0 spiro atoms. The lowest BCUT2D eigenvalue weighted by atomic mass is 10.2. The van der Waals surface area contributed by atoms with Crippen molar-refractivity contribution in [2.75, 3.05) is 0 Å². The van der Waals surface area contributed by atoms with Crippen molar-refractivity contribution in [1.29, 1.82) is 0 Å². The van der Waals surface area contributed by atoms with Crippen molar-refractivity contribution in [3.63, 3.8) is 0 Å². The molecule has 0 amide bonds. The van der Waals surface area contributed by atoms with Crippen molar-refractivity contribution in [2.24, 2.45) is 5.73 Å². The van der Waals surface area contributed by atoms with Gasteiger partial charge in [0.1, 0.15) is 18.7 Å². The predicted octanol–water partition coefficient (Wildman–Crippen LogP) is 2.84. The van der Waals surface area contributed by atoms with Crippen molar-refractivity contribution in [3.05, 3.63) is 77.1 Å². The fraction of sp³-hybridized carbons (Fsp3) is 0.167. The number of aromatic nitrogens is 5. The Labute approximate surface area is 149 Å². The molecular weight excluding hydrogens is 336 g/mol. The van der Waals surface area contributed by atoms with Crippen LogP contribution >= 0.6 is 11.6 Å². The number of fused-ring (bicyclic) bond motifs is 1.